The monoisotopic (exact) mass is 298 g/mol. The molecular formula is C14H22N2O3S. The van der Waals surface area contributed by atoms with E-state index in [1.54, 1.807) is 26.0 Å². The Balaban J connectivity index is 2.59. The molecule has 0 radical (unpaired) electrons. The number of aryl methyl sites for hydroxylation is 1. The first-order chi connectivity index (χ1) is 9.18. The smallest absolute Gasteiger partial charge is 0.244 e. The van der Waals surface area contributed by atoms with Gasteiger partial charge in [-0.3, -0.25) is 0 Å². The van der Waals surface area contributed by atoms with E-state index < -0.39 is 15.6 Å². The number of sulfonamides is 1. The molecule has 0 atom stereocenters. The van der Waals surface area contributed by atoms with Crippen LogP contribution < -0.4 is 5.73 Å². The molecular weight excluding hydrogens is 276 g/mol. The fourth-order valence-electron chi connectivity index (χ4n) is 2.64. The van der Waals surface area contributed by atoms with Crippen molar-refractivity contribution in [2.45, 2.75) is 38.1 Å². The van der Waals surface area contributed by atoms with Gasteiger partial charge in [0.25, 0.3) is 0 Å². The Kier molecular flexibility index (Phi) is 3.83. The second-order valence-electron chi connectivity index (χ2n) is 5.87. The number of nitrogens with zero attached hydrogens (tertiary/aromatic N) is 1. The van der Waals surface area contributed by atoms with Crippen LogP contribution in [0.25, 0.3) is 0 Å². The summed E-state index contributed by atoms with van der Waals surface area (Å²) in [4.78, 5) is 0.326. The van der Waals surface area contributed by atoms with Crippen molar-refractivity contribution in [1.82, 2.24) is 4.31 Å². The summed E-state index contributed by atoms with van der Waals surface area (Å²) in [5, 5.41) is 0. The van der Waals surface area contributed by atoms with Gasteiger partial charge in [-0.15, -0.1) is 0 Å². The molecule has 0 bridgehead atoms. The summed E-state index contributed by atoms with van der Waals surface area (Å²) < 4.78 is 32.9. The zero-order chi connectivity index (χ0) is 15.1. The van der Waals surface area contributed by atoms with Gasteiger partial charge < -0.3 is 10.5 Å². The first-order valence-corrected chi connectivity index (χ1v) is 8.08. The highest BCUT2D eigenvalue weighted by Gasteiger charge is 2.41. The van der Waals surface area contributed by atoms with Crippen molar-refractivity contribution in [2.24, 2.45) is 0 Å². The number of morpholine rings is 1. The molecule has 0 unspecified atom stereocenters. The molecule has 1 aromatic rings. The predicted molar refractivity (Wildman–Crippen MR) is 79.1 cm³/mol. The summed E-state index contributed by atoms with van der Waals surface area (Å²) in [6.45, 7) is 8.48. The van der Waals surface area contributed by atoms with Crippen molar-refractivity contribution in [3.8, 4) is 0 Å². The zero-order valence-electron chi connectivity index (χ0n) is 12.4. The minimum absolute atomic E-state index is 0.326. The Morgan fingerprint density at radius 2 is 1.95 bits per heavy atom. The lowest BCUT2D eigenvalue weighted by Gasteiger charge is -2.41. The van der Waals surface area contributed by atoms with Crippen LogP contribution in [0.3, 0.4) is 0 Å². The SMILES string of the molecule is Cc1ccc(N)c(C)c1S(=O)(=O)N1CCOCC1(C)C. The maximum absolute atomic E-state index is 13.0. The fourth-order valence-corrected chi connectivity index (χ4v) is 4.86. The van der Waals surface area contributed by atoms with E-state index in [1.165, 1.54) is 4.31 Å². The molecule has 1 fully saturated rings. The van der Waals surface area contributed by atoms with Gasteiger partial charge in [0.1, 0.15) is 0 Å². The molecule has 0 amide bonds. The molecule has 1 heterocycles. The average Bonchev–Trinajstić information content (AvgIpc) is 2.33. The van der Waals surface area contributed by atoms with Gasteiger partial charge in [-0.1, -0.05) is 6.07 Å². The Hall–Kier alpha value is -1.11. The third-order valence-corrected chi connectivity index (χ3v) is 6.16. The summed E-state index contributed by atoms with van der Waals surface area (Å²) in [5.74, 6) is 0. The van der Waals surface area contributed by atoms with E-state index in [2.05, 4.69) is 0 Å². The Morgan fingerprint density at radius 3 is 2.55 bits per heavy atom. The topological polar surface area (TPSA) is 72.6 Å². The van der Waals surface area contributed by atoms with Crippen LogP contribution in [0.4, 0.5) is 5.69 Å². The highest BCUT2D eigenvalue weighted by Crippen LogP contribution is 2.32. The molecule has 5 nitrogen and oxygen atoms in total. The molecule has 0 aromatic heterocycles. The third kappa shape index (κ3) is 2.43. The molecule has 0 spiro atoms. The van der Waals surface area contributed by atoms with E-state index >= 15 is 0 Å². The van der Waals surface area contributed by atoms with Crippen LogP contribution in [0.5, 0.6) is 0 Å². The predicted octanol–water partition coefficient (Wildman–Crippen LogP) is 1.69. The molecule has 0 aliphatic carbocycles. The summed E-state index contributed by atoms with van der Waals surface area (Å²) >= 11 is 0. The minimum Gasteiger partial charge on any atom is -0.398 e. The highest BCUT2D eigenvalue weighted by molar-refractivity contribution is 7.89. The highest BCUT2D eigenvalue weighted by atomic mass is 32.2. The van der Waals surface area contributed by atoms with Crippen LogP contribution in [0.15, 0.2) is 17.0 Å². The molecule has 2 rings (SSSR count). The van der Waals surface area contributed by atoms with Crippen molar-refractivity contribution < 1.29 is 13.2 Å². The van der Waals surface area contributed by atoms with E-state index in [9.17, 15) is 8.42 Å². The van der Waals surface area contributed by atoms with Crippen LogP contribution in [-0.2, 0) is 14.8 Å². The maximum Gasteiger partial charge on any atom is 0.244 e. The van der Waals surface area contributed by atoms with E-state index in [4.69, 9.17) is 10.5 Å². The van der Waals surface area contributed by atoms with Gasteiger partial charge in [-0.05, 0) is 44.9 Å². The molecule has 1 aliphatic rings. The van der Waals surface area contributed by atoms with Gasteiger partial charge in [0.15, 0.2) is 0 Å². The van der Waals surface area contributed by atoms with Gasteiger partial charge in [0, 0.05) is 12.2 Å². The summed E-state index contributed by atoms with van der Waals surface area (Å²) in [6.07, 6.45) is 0. The molecule has 20 heavy (non-hydrogen) atoms. The van der Waals surface area contributed by atoms with Crippen molar-refractivity contribution in [1.29, 1.82) is 0 Å². The first-order valence-electron chi connectivity index (χ1n) is 6.64. The summed E-state index contributed by atoms with van der Waals surface area (Å²) in [7, 11) is -3.58. The van der Waals surface area contributed by atoms with Crippen LogP contribution in [0.2, 0.25) is 0 Å². The van der Waals surface area contributed by atoms with Gasteiger partial charge in [0.2, 0.25) is 10.0 Å². The van der Waals surface area contributed by atoms with Crippen LogP contribution in [-0.4, -0.2) is 38.0 Å². The fraction of sp³-hybridized carbons (Fsp3) is 0.571. The molecule has 2 N–H and O–H groups in total. The zero-order valence-corrected chi connectivity index (χ0v) is 13.3. The maximum atomic E-state index is 13.0. The van der Waals surface area contributed by atoms with Crippen molar-refractivity contribution in [3.05, 3.63) is 23.3 Å². The van der Waals surface area contributed by atoms with Crippen LogP contribution >= 0.6 is 0 Å². The number of nitrogen functional groups attached to an aromatic ring is 1. The normalized spacial score (nSPS) is 20.0. The van der Waals surface area contributed by atoms with Gasteiger partial charge in [-0.25, -0.2) is 8.42 Å². The van der Waals surface area contributed by atoms with Gasteiger partial charge in [-0.2, -0.15) is 4.31 Å². The van der Waals surface area contributed by atoms with Crippen LogP contribution in [0.1, 0.15) is 25.0 Å². The second-order valence-corrected chi connectivity index (χ2v) is 7.67. The summed E-state index contributed by atoms with van der Waals surface area (Å²) in [5.41, 5.74) is 7.16. The minimum atomic E-state index is -3.58. The lowest BCUT2D eigenvalue weighted by Crippen LogP contribution is -2.55. The van der Waals surface area contributed by atoms with Gasteiger partial charge in [0.05, 0.1) is 23.6 Å². The molecule has 112 valence electrons. The Labute approximate surface area is 120 Å². The van der Waals surface area contributed by atoms with E-state index in [1.807, 2.05) is 13.8 Å². The molecule has 1 aromatic carbocycles. The lowest BCUT2D eigenvalue weighted by atomic mass is 10.1. The Bertz CT molecular complexity index is 624. The number of hydrogen-bond donors (Lipinski definition) is 1. The molecule has 6 heteroatoms. The Morgan fingerprint density at radius 1 is 1.30 bits per heavy atom. The standard InChI is InChI=1S/C14H22N2O3S/c1-10-5-6-12(15)11(2)13(10)20(17,18)16-7-8-19-9-14(16,3)4/h5-6H,7-9,15H2,1-4H3. The van der Waals surface area contributed by atoms with Crippen molar-refractivity contribution in [2.75, 3.05) is 25.5 Å². The lowest BCUT2D eigenvalue weighted by molar-refractivity contribution is -0.00773. The van der Waals surface area contributed by atoms with Crippen molar-refractivity contribution >= 4 is 15.7 Å². The largest absolute Gasteiger partial charge is 0.398 e. The van der Waals surface area contributed by atoms with Crippen LogP contribution in [0, 0.1) is 13.8 Å². The number of anilines is 1. The number of hydrogen-bond acceptors (Lipinski definition) is 4. The molecule has 0 saturated carbocycles. The number of nitrogens with two attached hydrogens (primary N) is 1. The van der Waals surface area contributed by atoms with E-state index in [0.29, 0.717) is 35.9 Å². The average molecular weight is 298 g/mol. The van der Waals surface area contributed by atoms with E-state index in [-0.39, 0.29) is 0 Å². The first kappa shape index (κ1) is 15.3. The van der Waals surface area contributed by atoms with Gasteiger partial charge >= 0.3 is 0 Å². The van der Waals surface area contributed by atoms with Crippen molar-refractivity contribution in [3.63, 3.8) is 0 Å². The third-order valence-electron chi connectivity index (χ3n) is 3.76. The number of rotatable bonds is 2. The molecule has 1 saturated heterocycles. The number of benzene rings is 1. The number of ether oxygens (including phenoxy) is 1. The molecule has 1 aliphatic heterocycles. The summed E-state index contributed by atoms with van der Waals surface area (Å²) in [6, 6.07) is 3.50. The quantitative estimate of drug-likeness (QED) is 0.843. The van der Waals surface area contributed by atoms with E-state index in [0.717, 1.165) is 5.56 Å². The second kappa shape index (κ2) is 5.02.